The van der Waals surface area contributed by atoms with Crippen molar-refractivity contribution in [2.75, 3.05) is 7.11 Å². The largest absolute Gasteiger partial charge is 0.493 e. The van der Waals surface area contributed by atoms with Gasteiger partial charge in [-0.1, -0.05) is 54.7 Å². The molecule has 0 aliphatic rings. The molecule has 0 aliphatic heterocycles. The SMILES string of the molecule is COc1cc(CNC(C)C)c(Cl)cc1OCc1ccc(Cl)cc1Cl. The second-order valence-corrected chi connectivity index (χ2v) is 6.91. The summed E-state index contributed by atoms with van der Waals surface area (Å²) in [5, 5.41) is 5.11. The van der Waals surface area contributed by atoms with Crippen LogP contribution in [0.2, 0.25) is 15.1 Å². The summed E-state index contributed by atoms with van der Waals surface area (Å²) in [6.07, 6.45) is 0. The highest BCUT2D eigenvalue weighted by Crippen LogP contribution is 2.34. The molecular formula is C18H20Cl3NO2. The maximum atomic E-state index is 6.36. The molecule has 2 aromatic carbocycles. The molecule has 0 saturated carbocycles. The Bertz CT molecular complexity index is 705. The van der Waals surface area contributed by atoms with Crippen LogP contribution >= 0.6 is 34.8 Å². The number of methoxy groups -OCH3 is 1. The number of benzene rings is 2. The molecule has 130 valence electrons. The van der Waals surface area contributed by atoms with Gasteiger partial charge in [0.25, 0.3) is 0 Å². The zero-order chi connectivity index (χ0) is 17.7. The number of hydrogen-bond acceptors (Lipinski definition) is 3. The minimum atomic E-state index is 0.298. The minimum Gasteiger partial charge on any atom is -0.493 e. The molecule has 1 N–H and O–H groups in total. The van der Waals surface area contributed by atoms with Gasteiger partial charge in [0.1, 0.15) is 6.61 Å². The Morgan fingerprint density at radius 2 is 1.67 bits per heavy atom. The van der Waals surface area contributed by atoms with Gasteiger partial charge in [0, 0.05) is 39.3 Å². The molecule has 2 rings (SSSR count). The van der Waals surface area contributed by atoms with Gasteiger partial charge < -0.3 is 14.8 Å². The Hall–Kier alpha value is -1.13. The first kappa shape index (κ1) is 19.2. The zero-order valence-corrected chi connectivity index (χ0v) is 16.1. The maximum Gasteiger partial charge on any atom is 0.163 e. The Morgan fingerprint density at radius 3 is 2.29 bits per heavy atom. The molecule has 3 nitrogen and oxygen atoms in total. The molecule has 0 amide bonds. The average Bonchev–Trinajstić information content (AvgIpc) is 2.53. The van der Waals surface area contributed by atoms with E-state index in [1.165, 1.54) is 0 Å². The second-order valence-electron chi connectivity index (χ2n) is 5.65. The standard InChI is InChI=1S/C18H20Cl3NO2/c1-11(2)22-9-13-6-17(23-3)18(8-16(13)21)24-10-12-4-5-14(19)7-15(12)20/h4-8,11,22H,9-10H2,1-3H3. The lowest BCUT2D eigenvalue weighted by molar-refractivity contribution is 0.284. The van der Waals surface area contributed by atoms with Crippen molar-refractivity contribution in [2.24, 2.45) is 0 Å². The predicted molar refractivity (Wildman–Crippen MR) is 101 cm³/mol. The van der Waals surface area contributed by atoms with Crippen molar-refractivity contribution in [3.8, 4) is 11.5 Å². The molecule has 6 heteroatoms. The van der Waals surface area contributed by atoms with E-state index >= 15 is 0 Å². The predicted octanol–water partition coefficient (Wildman–Crippen LogP) is 5.73. The van der Waals surface area contributed by atoms with E-state index in [1.54, 1.807) is 25.3 Å². The summed E-state index contributed by atoms with van der Waals surface area (Å²) < 4.78 is 11.3. The lowest BCUT2D eigenvalue weighted by atomic mass is 10.2. The summed E-state index contributed by atoms with van der Waals surface area (Å²) >= 11 is 18.4. The summed E-state index contributed by atoms with van der Waals surface area (Å²) in [6.45, 7) is 5.12. The Labute approximate surface area is 157 Å². The Kier molecular flexibility index (Phi) is 7.05. The van der Waals surface area contributed by atoms with E-state index in [-0.39, 0.29) is 0 Å². The molecule has 0 atom stereocenters. The molecule has 0 unspecified atom stereocenters. The number of rotatable bonds is 7. The van der Waals surface area contributed by atoms with E-state index in [4.69, 9.17) is 44.3 Å². The lowest BCUT2D eigenvalue weighted by Crippen LogP contribution is -2.22. The molecule has 24 heavy (non-hydrogen) atoms. The van der Waals surface area contributed by atoms with Crippen LogP contribution in [0.3, 0.4) is 0 Å². The molecule has 0 heterocycles. The maximum absolute atomic E-state index is 6.36. The first-order valence-corrected chi connectivity index (χ1v) is 8.70. The molecule has 0 spiro atoms. The van der Waals surface area contributed by atoms with E-state index in [1.807, 2.05) is 12.1 Å². The van der Waals surface area contributed by atoms with Gasteiger partial charge in [-0.3, -0.25) is 0 Å². The van der Waals surface area contributed by atoms with Crippen molar-refractivity contribution in [2.45, 2.75) is 33.0 Å². The van der Waals surface area contributed by atoms with E-state index in [9.17, 15) is 0 Å². The van der Waals surface area contributed by atoms with Crippen molar-refractivity contribution >= 4 is 34.8 Å². The van der Waals surface area contributed by atoms with Crippen molar-refractivity contribution in [3.63, 3.8) is 0 Å². The highest BCUT2D eigenvalue weighted by atomic mass is 35.5. The van der Waals surface area contributed by atoms with Gasteiger partial charge in [-0.15, -0.1) is 0 Å². The van der Waals surface area contributed by atoms with Gasteiger partial charge in [0.2, 0.25) is 0 Å². The van der Waals surface area contributed by atoms with E-state index in [2.05, 4.69) is 19.2 Å². The van der Waals surface area contributed by atoms with Gasteiger partial charge in [-0.05, 0) is 23.8 Å². The van der Waals surface area contributed by atoms with Gasteiger partial charge in [0.15, 0.2) is 11.5 Å². The first-order chi connectivity index (χ1) is 11.4. The average molecular weight is 389 g/mol. The van der Waals surface area contributed by atoms with Crippen LogP contribution in [0.15, 0.2) is 30.3 Å². The Balaban J connectivity index is 2.16. The summed E-state index contributed by atoms with van der Waals surface area (Å²) in [5.74, 6) is 1.20. The third-order valence-electron chi connectivity index (χ3n) is 3.43. The molecule has 0 radical (unpaired) electrons. The van der Waals surface area contributed by atoms with E-state index in [0.717, 1.165) is 11.1 Å². The van der Waals surface area contributed by atoms with Crippen LogP contribution < -0.4 is 14.8 Å². The molecule has 0 aromatic heterocycles. The number of ether oxygens (including phenoxy) is 2. The highest BCUT2D eigenvalue weighted by molar-refractivity contribution is 6.35. The summed E-state index contributed by atoms with van der Waals surface area (Å²) in [6, 6.07) is 9.32. The van der Waals surface area contributed by atoms with Crippen LogP contribution in [0, 0.1) is 0 Å². The molecule has 0 saturated heterocycles. The number of nitrogens with one attached hydrogen (secondary N) is 1. The highest BCUT2D eigenvalue weighted by Gasteiger charge is 2.12. The Morgan fingerprint density at radius 1 is 0.958 bits per heavy atom. The summed E-state index contributed by atoms with van der Waals surface area (Å²) in [7, 11) is 1.60. The van der Waals surface area contributed by atoms with E-state index in [0.29, 0.717) is 45.8 Å². The zero-order valence-electron chi connectivity index (χ0n) is 13.8. The summed E-state index contributed by atoms with van der Waals surface area (Å²) in [4.78, 5) is 0. The first-order valence-electron chi connectivity index (χ1n) is 7.57. The van der Waals surface area contributed by atoms with Crippen LogP contribution in [0.25, 0.3) is 0 Å². The molecule has 2 aromatic rings. The molecule has 0 bridgehead atoms. The number of hydrogen-bond donors (Lipinski definition) is 1. The van der Waals surface area contributed by atoms with Gasteiger partial charge in [-0.2, -0.15) is 0 Å². The minimum absolute atomic E-state index is 0.298. The van der Waals surface area contributed by atoms with Crippen molar-refractivity contribution in [3.05, 3.63) is 56.5 Å². The fraction of sp³-hybridized carbons (Fsp3) is 0.333. The lowest BCUT2D eigenvalue weighted by Gasteiger charge is -2.15. The third kappa shape index (κ3) is 5.18. The van der Waals surface area contributed by atoms with Crippen LogP contribution in [0.5, 0.6) is 11.5 Å². The van der Waals surface area contributed by atoms with Crippen molar-refractivity contribution in [1.29, 1.82) is 0 Å². The molecule has 0 fully saturated rings. The quantitative estimate of drug-likeness (QED) is 0.657. The second kappa shape index (κ2) is 8.82. The van der Waals surface area contributed by atoms with Gasteiger partial charge in [-0.25, -0.2) is 0 Å². The fourth-order valence-corrected chi connectivity index (χ4v) is 2.78. The van der Waals surface area contributed by atoms with Crippen molar-refractivity contribution in [1.82, 2.24) is 5.32 Å². The van der Waals surface area contributed by atoms with Crippen LogP contribution in [0.1, 0.15) is 25.0 Å². The topological polar surface area (TPSA) is 30.5 Å². The van der Waals surface area contributed by atoms with Crippen LogP contribution in [-0.4, -0.2) is 13.2 Å². The van der Waals surface area contributed by atoms with Crippen LogP contribution in [-0.2, 0) is 13.2 Å². The van der Waals surface area contributed by atoms with Crippen molar-refractivity contribution < 1.29 is 9.47 Å². The van der Waals surface area contributed by atoms with Gasteiger partial charge >= 0.3 is 0 Å². The number of halogens is 3. The van der Waals surface area contributed by atoms with Gasteiger partial charge in [0.05, 0.1) is 7.11 Å². The molecule has 0 aliphatic carbocycles. The van der Waals surface area contributed by atoms with Crippen LogP contribution in [0.4, 0.5) is 0 Å². The third-order valence-corrected chi connectivity index (χ3v) is 4.37. The fourth-order valence-electron chi connectivity index (χ4n) is 2.09. The summed E-state index contributed by atoms with van der Waals surface area (Å²) in [5.41, 5.74) is 1.80. The normalized spacial score (nSPS) is 11.0. The monoisotopic (exact) mass is 387 g/mol. The smallest absolute Gasteiger partial charge is 0.163 e. The van der Waals surface area contributed by atoms with E-state index < -0.39 is 0 Å². The molecular weight excluding hydrogens is 369 g/mol.